The van der Waals surface area contributed by atoms with Crippen LogP contribution in [0.2, 0.25) is 0 Å². The summed E-state index contributed by atoms with van der Waals surface area (Å²) in [6.45, 7) is 3.61. The zero-order valence-corrected chi connectivity index (χ0v) is 17.0. The van der Waals surface area contributed by atoms with E-state index >= 15 is 0 Å². The van der Waals surface area contributed by atoms with E-state index in [-0.39, 0.29) is 18.0 Å². The maximum absolute atomic E-state index is 13.3. The van der Waals surface area contributed by atoms with Gasteiger partial charge >= 0.3 is 6.03 Å². The number of benzene rings is 1. The third-order valence-corrected chi connectivity index (χ3v) is 5.55. The highest BCUT2D eigenvalue weighted by Crippen LogP contribution is 2.34. The van der Waals surface area contributed by atoms with Crippen LogP contribution in [0.25, 0.3) is 5.65 Å². The van der Waals surface area contributed by atoms with E-state index in [1.807, 2.05) is 19.9 Å². The number of nitrogens with one attached hydrogen (secondary N) is 1. The Morgan fingerprint density at radius 3 is 2.53 bits per heavy atom. The number of carbonyl (C=O) groups excluding carboxylic acids is 2. The number of nitrogens with zero attached hydrogens (tertiary/aromatic N) is 3. The first-order chi connectivity index (χ1) is 14.4. The monoisotopic (exact) mass is 406 g/mol. The van der Waals surface area contributed by atoms with Crippen molar-refractivity contribution in [2.24, 2.45) is 0 Å². The molecule has 0 aliphatic carbocycles. The Bertz CT molecular complexity index is 1200. The molecule has 30 heavy (non-hydrogen) atoms. The second-order valence-corrected chi connectivity index (χ2v) is 7.28. The number of hydrogen-bond acceptors (Lipinski definition) is 5. The summed E-state index contributed by atoms with van der Waals surface area (Å²) in [4.78, 5) is 44.2. The van der Waals surface area contributed by atoms with E-state index in [2.05, 4.69) is 10.3 Å². The third-order valence-electron chi connectivity index (χ3n) is 5.55. The van der Waals surface area contributed by atoms with Crippen molar-refractivity contribution in [1.82, 2.24) is 19.6 Å². The highest BCUT2D eigenvalue weighted by atomic mass is 16.5. The number of hydrogen-bond donors (Lipinski definition) is 1. The Balaban J connectivity index is 1.70. The lowest BCUT2D eigenvalue weighted by molar-refractivity contribution is -0.132. The Labute approximate surface area is 173 Å². The summed E-state index contributed by atoms with van der Waals surface area (Å²) < 4.78 is 6.62. The lowest BCUT2D eigenvalue weighted by Crippen LogP contribution is -2.43. The van der Waals surface area contributed by atoms with Gasteiger partial charge in [0.2, 0.25) is 0 Å². The zero-order valence-electron chi connectivity index (χ0n) is 17.0. The van der Waals surface area contributed by atoms with Crippen molar-refractivity contribution in [1.29, 1.82) is 0 Å². The van der Waals surface area contributed by atoms with Crippen LogP contribution in [-0.4, -0.2) is 33.3 Å². The van der Waals surface area contributed by atoms with Gasteiger partial charge in [-0.1, -0.05) is 25.1 Å². The number of aromatic nitrogens is 2. The van der Waals surface area contributed by atoms with Crippen molar-refractivity contribution in [3.05, 3.63) is 75.8 Å². The van der Waals surface area contributed by atoms with Gasteiger partial charge in [0.25, 0.3) is 11.5 Å². The number of ether oxygens (including phenoxy) is 1. The molecule has 154 valence electrons. The Kier molecular flexibility index (Phi) is 4.77. The molecule has 8 nitrogen and oxygen atoms in total. The number of aryl methyl sites for hydroxylation is 1. The topological polar surface area (TPSA) is 93.0 Å². The van der Waals surface area contributed by atoms with Gasteiger partial charge in [-0.05, 0) is 42.7 Å². The summed E-state index contributed by atoms with van der Waals surface area (Å²) in [5.41, 5.74) is 0.945. The number of imide groups is 1. The average Bonchev–Trinajstić information content (AvgIpc) is 3.00. The largest absolute Gasteiger partial charge is 0.497 e. The number of fused-ring (bicyclic) bond motifs is 1. The predicted octanol–water partition coefficient (Wildman–Crippen LogP) is 2.37. The van der Waals surface area contributed by atoms with Crippen molar-refractivity contribution in [2.75, 3.05) is 7.11 Å². The molecule has 0 saturated carbocycles. The maximum atomic E-state index is 13.3. The molecule has 3 amide bonds. The van der Waals surface area contributed by atoms with Crippen molar-refractivity contribution in [3.8, 4) is 5.75 Å². The Morgan fingerprint density at radius 2 is 1.87 bits per heavy atom. The quantitative estimate of drug-likeness (QED) is 0.657. The van der Waals surface area contributed by atoms with Crippen LogP contribution in [-0.2, 0) is 16.9 Å². The second kappa shape index (κ2) is 7.29. The molecule has 0 spiro atoms. The molecule has 1 atom stereocenters. The smallest absolute Gasteiger partial charge is 0.325 e. The minimum atomic E-state index is -1.16. The zero-order chi connectivity index (χ0) is 21.5. The Morgan fingerprint density at radius 1 is 1.13 bits per heavy atom. The van der Waals surface area contributed by atoms with E-state index in [0.717, 1.165) is 10.5 Å². The highest BCUT2D eigenvalue weighted by Gasteiger charge is 2.51. The summed E-state index contributed by atoms with van der Waals surface area (Å²) >= 11 is 0. The molecule has 1 saturated heterocycles. The standard InChI is InChI=1S/C22H22N4O4/c1-4-22(15-7-9-17(30-3)10-8-15)20(28)26(21(29)24-22)13-16-12-18(27)25-11-5-6-14(2)19(25)23-16/h5-12H,4,13H2,1-3H3,(H,24,29). The van der Waals surface area contributed by atoms with Crippen LogP contribution in [0.1, 0.15) is 30.2 Å². The highest BCUT2D eigenvalue weighted by molar-refractivity contribution is 6.07. The van der Waals surface area contributed by atoms with Gasteiger partial charge in [-0.3, -0.25) is 18.9 Å². The number of amides is 3. The fraction of sp³-hybridized carbons (Fsp3) is 0.273. The van der Waals surface area contributed by atoms with Crippen LogP contribution >= 0.6 is 0 Å². The number of rotatable bonds is 5. The summed E-state index contributed by atoms with van der Waals surface area (Å²) in [6, 6.07) is 11.5. The number of carbonyl (C=O) groups is 2. The van der Waals surface area contributed by atoms with Gasteiger partial charge in [-0.15, -0.1) is 0 Å². The average molecular weight is 406 g/mol. The van der Waals surface area contributed by atoms with Gasteiger partial charge in [-0.25, -0.2) is 9.78 Å². The van der Waals surface area contributed by atoms with Gasteiger partial charge in [0.05, 0.1) is 19.3 Å². The summed E-state index contributed by atoms with van der Waals surface area (Å²) in [6.07, 6.45) is 2.02. The van der Waals surface area contributed by atoms with Gasteiger partial charge in [0, 0.05) is 12.3 Å². The van der Waals surface area contributed by atoms with Crippen molar-refractivity contribution in [3.63, 3.8) is 0 Å². The molecule has 1 aromatic carbocycles. The van der Waals surface area contributed by atoms with Crippen LogP contribution in [0.15, 0.2) is 53.5 Å². The maximum Gasteiger partial charge on any atom is 0.325 e. The van der Waals surface area contributed by atoms with Gasteiger partial charge in [0.15, 0.2) is 0 Å². The first-order valence-electron chi connectivity index (χ1n) is 9.66. The van der Waals surface area contributed by atoms with Crippen molar-refractivity contribution < 1.29 is 14.3 Å². The number of methoxy groups -OCH3 is 1. The Hall–Kier alpha value is -3.68. The molecular weight excluding hydrogens is 384 g/mol. The first-order valence-corrected chi connectivity index (χ1v) is 9.66. The van der Waals surface area contributed by atoms with Gasteiger partial charge < -0.3 is 10.1 Å². The van der Waals surface area contributed by atoms with Crippen LogP contribution in [0.4, 0.5) is 4.79 Å². The number of urea groups is 1. The molecule has 8 heteroatoms. The summed E-state index contributed by atoms with van der Waals surface area (Å²) in [5.74, 6) is 0.293. The molecule has 4 rings (SSSR count). The molecule has 1 unspecified atom stereocenters. The first kappa shape index (κ1) is 19.6. The molecule has 1 fully saturated rings. The lowest BCUT2D eigenvalue weighted by Gasteiger charge is -2.26. The van der Waals surface area contributed by atoms with E-state index in [9.17, 15) is 14.4 Å². The summed E-state index contributed by atoms with van der Waals surface area (Å²) in [5, 5.41) is 2.84. The molecule has 3 heterocycles. The van der Waals surface area contributed by atoms with Gasteiger partial charge in [0.1, 0.15) is 16.9 Å². The number of pyridine rings is 1. The second-order valence-electron chi connectivity index (χ2n) is 7.28. The molecule has 3 aromatic rings. The van der Waals surface area contributed by atoms with Gasteiger partial charge in [-0.2, -0.15) is 0 Å². The molecule has 1 aliphatic heterocycles. The minimum absolute atomic E-state index is 0.0807. The molecule has 1 aliphatic rings. The third kappa shape index (κ3) is 3.01. The van der Waals surface area contributed by atoms with E-state index < -0.39 is 11.6 Å². The van der Waals surface area contributed by atoms with Crippen LogP contribution in [0.3, 0.4) is 0 Å². The van der Waals surface area contributed by atoms with Crippen molar-refractivity contribution in [2.45, 2.75) is 32.4 Å². The van der Waals surface area contributed by atoms with Crippen LogP contribution < -0.4 is 15.6 Å². The molecule has 0 radical (unpaired) electrons. The van der Waals surface area contributed by atoms with E-state index in [1.165, 1.54) is 10.5 Å². The molecule has 2 aromatic heterocycles. The fourth-order valence-electron chi connectivity index (χ4n) is 3.84. The van der Waals surface area contributed by atoms with E-state index in [4.69, 9.17) is 4.74 Å². The fourth-order valence-corrected chi connectivity index (χ4v) is 3.84. The molecule has 0 bridgehead atoms. The SMILES string of the molecule is CCC1(c2ccc(OC)cc2)NC(=O)N(Cc2cc(=O)n3cccc(C)c3n2)C1=O. The van der Waals surface area contributed by atoms with Crippen LogP contribution in [0.5, 0.6) is 5.75 Å². The van der Waals surface area contributed by atoms with E-state index in [1.54, 1.807) is 43.6 Å². The normalized spacial score (nSPS) is 18.7. The van der Waals surface area contributed by atoms with Crippen LogP contribution in [0, 0.1) is 6.92 Å². The summed E-state index contributed by atoms with van der Waals surface area (Å²) in [7, 11) is 1.57. The molecule has 1 N–H and O–H groups in total. The minimum Gasteiger partial charge on any atom is -0.497 e. The van der Waals surface area contributed by atoms with E-state index in [0.29, 0.717) is 29.1 Å². The lowest BCUT2D eigenvalue weighted by atomic mass is 9.87. The predicted molar refractivity (Wildman–Crippen MR) is 110 cm³/mol. The molecular formula is C22H22N4O4. The van der Waals surface area contributed by atoms with Crippen molar-refractivity contribution >= 4 is 17.6 Å².